The van der Waals surface area contributed by atoms with Crippen LogP contribution in [-0.4, -0.2) is 14.7 Å². The van der Waals surface area contributed by atoms with Crippen LogP contribution in [0, 0.1) is 21.4 Å². The number of hydrogen-bond donors (Lipinski definition) is 1. The molecule has 0 amide bonds. The van der Waals surface area contributed by atoms with Crippen LogP contribution in [0.2, 0.25) is 0 Å². The molecular formula is C16H19N5O2. The van der Waals surface area contributed by atoms with Crippen LogP contribution in [0.1, 0.15) is 36.4 Å². The number of rotatable bonds is 6. The zero-order valence-electron chi connectivity index (χ0n) is 13.5. The van der Waals surface area contributed by atoms with E-state index in [0.717, 1.165) is 29.8 Å². The molecule has 0 fully saturated rings. The van der Waals surface area contributed by atoms with E-state index < -0.39 is 4.92 Å². The molecule has 7 nitrogen and oxygen atoms in total. The number of aryl methyl sites for hydroxylation is 2. The van der Waals surface area contributed by atoms with Gasteiger partial charge < -0.3 is 5.32 Å². The van der Waals surface area contributed by atoms with Gasteiger partial charge in [0.15, 0.2) is 0 Å². The number of nitro groups is 1. The van der Waals surface area contributed by atoms with Crippen LogP contribution in [0.25, 0.3) is 0 Å². The quantitative estimate of drug-likeness (QED) is 0.653. The van der Waals surface area contributed by atoms with Crippen LogP contribution >= 0.6 is 0 Å². The maximum absolute atomic E-state index is 10.8. The van der Waals surface area contributed by atoms with Crippen molar-refractivity contribution < 1.29 is 4.92 Å². The van der Waals surface area contributed by atoms with E-state index in [0.29, 0.717) is 12.2 Å². The summed E-state index contributed by atoms with van der Waals surface area (Å²) in [5, 5.41) is 27.7. The molecule has 23 heavy (non-hydrogen) atoms. The summed E-state index contributed by atoms with van der Waals surface area (Å²) in [5.74, 6) is 0. The Bertz CT molecular complexity index is 774. The van der Waals surface area contributed by atoms with Gasteiger partial charge in [0, 0.05) is 37.0 Å². The number of aromatic nitrogens is 2. The first-order valence-electron chi connectivity index (χ1n) is 7.47. The van der Waals surface area contributed by atoms with E-state index in [9.17, 15) is 15.4 Å². The van der Waals surface area contributed by atoms with Gasteiger partial charge in [-0.3, -0.25) is 14.8 Å². The molecule has 1 N–H and O–H groups in total. The van der Waals surface area contributed by atoms with Crippen LogP contribution in [0.15, 0.2) is 18.2 Å². The largest absolute Gasteiger partial charge is 0.380 e. The fraction of sp³-hybridized carbons (Fsp3) is 0.375. The van der Waals surface area contributed by atoms with Crippen LogP contribution < -0.4 is 5.32 Å². The first-order chi connectivity index (χ1) is 11.0. The molecule has 0 aliphatic rings. The van der Waals surface area contributed by atoms with Gasteiger partial charge in [0.25, 0.3) is 5.69 Å². The molecule has 1 aromatic carbocycles. The Hall–Kier alpha value is -2.88. The molecule has 0 atom stereocenters. The first kappa shape index (κ1) is 16.5. The van der Waals surface area contributed by atoms with E-state index in [1.807, 2.05) is 17.8 Å². The van der Waals surface area contributed by atoms with Crippen molar-refractivity contribution in [3.8, 4) is 6.07 Å². The van der Waals surface area contributed by atoms with Crippen molar-refractivity contribution in [3.05, 3.63) is 50.8 Å². The number of non-ortho nitro benzene ring substituents is 1. The SMILES string of the molecule is CCc1nn(C)c(CC)c1CNc1ccc([N+](=O)[O-])cc1C#N. The molecule has 0 unspecified atom stereocenters. The van der Waals surface area contributed by atoms with E-state index in [2.05, 4.69) is 24.3 Å². The highest BCUT2D eigenvalue weighted by Crippen LogP contribution is 2.23. The number of nitrogens with one attached hydrogen (secondary N) is 1. The minimum absolute atomic E-state index is 0.0861. The topological polar surface area (TPSA) is 96.8 Å². The lowest BCUT2D eigenvalue weighted by Gasteiger charge is -2.10. The van der Waals surface area contributed by atoms with Crippen molar-refractivity contribution in [2.75, 3.05) is 5.32 Å². The molecule has 7 heteroatoms. The highest BCUT2D eigenvalue weighted by Gasteiger charge is 2.15. The van der Waals surface area contributed by atoms with Crippen molar-refractivity contribution in [1.29, 1.82) is 5.26 Å². The fourth-order valence-corrected chi connectivity index (χ4v) is 2.67. The van der Waals surface area contributed by atoms with E-state index in [1.165, 1.54) is 12.1 Å². The van der Waals surface area contributed by atoms with Gasteiger partial charge in [0.1, 0.15) is 6.07 Å². The third-order valence-electron chi connectivity index (χ3n) is 3.82. The fourth-order valence-electron chi connectivity index (χ4n) is 2.67. The Balaban J connectivity index is 2.28. The Morgan fingerprint density at radius 1 is 1.39 bits per heavy atom. The summed E-state index contributed by atoms with van der Waals surface area (Å²) in [5.41, 5.74) is 4.06. The summed E-state index contributed by atoms with van der Waals surface area (Å²) >= 11 is 0. The molecule has 0 aliphatic heterocycles. The maximum atomic E-state index is 10.8. The molecule has 0 bridgehead atoms. The Labute approximate surface area is 134 Å². The van der Waals surface area contributed by atoms with Crippen LogP contribution in [0.3, 0.4) is 0 Å². The van der Waals surface area contributed by atoms with Crippen molar-refractivity contribution >= 4 is 11.4 Å². The Kier molecular flexibility index (Phi) is 4.96. The summed E-state index contributed by atoms with van der Waals surface area (Å²) in [7, 11) is 1.92. The normalized spacial score (nSPS) is 10.3. The molecule has 1 aromatic heterocycles. The highest BCUT2D eigenvalue weighted by molar-refractivity contribution is 5.61. The third-order valence-corrected chi connectivity index (χ3v) is 3.82. The zero-order valence-corrected chi connectivity index (χ0v) is 13.5. The summed E-state index contributed by atoms with van der Waals surface area (Å²) in [6.45, 7) is 4.66. The molecule has 0 radical (unpaired) electrons. The highest BCUT2D eigenvalue weighted by atomic mass is 16.6. The number of nitriles is 1. The molecule has 1 heterocycles. The number of hydrogen-bond acceptors (Lipinski definition) is 5. The van der Waals surface area contributed by atoms with Crippen LogP contribution in [0.4, 0.5) is 11.4 Å². The van der Waals surface area contributed by atoms with E-state index in [1.54, 1.807) is 6.07 Å². The van der Waals surface area contributed by atoms with Crippen molar-refractivity contribution in [1.82, 2.24) is 9.78 Å². The number of nitrogens with zero attached hydrogens (tertiary/aromatic N) is 4. The van der Waals surface area contributed by atoms with E-state index in [4.69, 9.17) is 0 Å². The average molecular weight is 313 g/mol. The molecule has 2 aromatic rings. The van der Waals surface area contributed by atoms with Crippen molar-refractivity contribution in [3.63, 3.8) is 0 Å². The second kappa shape index (κ2) is 6.92. The molecule has 0 saturated heterocycles. The van der Waals surface area contributed by atoms with Crippen LogP contribution in [0.5, 0.6) is 0 Å². The molecular weight excluding hydrogens is 294 g/mol. The molecule has 0 spiro atoms. The summed E-state index contributed by atoms with van der Waals surface area (Å²) in [6, 6.07) is 6.26. The lowest BCUT2D eigenvalue weighted by molar-refractivity contribution is -0.384. The second-order valence-corrected chi connectivity index (χ2v) is 5.16. The standard InChI is InChI=1S/C16H19N5O2/c1-4-14-13(16(5-2)20(3)19-14)10-18-15-7-6-12(21(22)23)8-11(15)9-17/h6-8,18H,4-5,10H2,1-3H3. The average Bonchev–Trinajstić information content (AvgIpc) is 2.87. The molecule has 0 aliphatic carbocycles. The summed E-state index contributed by atoms with van der Waals surface area (Å²) in [6.07, 6.45) is 1.70. The second-order valence-electron chi connectivity index (χ2n) is 5.16. The monoisotopic (exact) mass is 313 g/mol. The number of nitro benzene ring substituents is 1. The Morgan fingerprint density at radius 3 is 2.70 bits per heavy atom. The lowest BCUT2D eigenvalue weighted by Crippen LogP contribution is -2.06. The van der Waals surface area contributed by atoms with Gasteiger partial charge in [-0.25, -0.2) is 0 Å². The predicted molar refractivity (Wildman–Crippen MR) is 87.1 cm³/mol. The van der Waals surface area contributed by atoms with Crippen molar-refractivity contribution in [2.45, 2.75) is 33.2 Å². The zero-order chi connectivity index (χ0) is 17.0. The van der Waals surface area contributed by atoms with Gasteiger partial charge >= 0.3 is 0 Å². The van der Waals surface area contributed by atoms with E-state index >= 15 is 0 Å². The summed E-state index contributed by atoms with van der Waals surface area (Å²) in [4.78, 5) is 10.3. The van der Waals surface area contributed by atoms with Gasteiger partial charge in [-0.15, -0.1) is 0 Å². The van der Waals surface area contributed by atoms with Gasteiger partial charge in [0.05, 0.1) is 21.9 Å². The summed E-state index contributed by atoms with van der Waals surface area (Å²) < 4.78 is 1.89. The van der Waals surface area contributed by atoms with Gasteiger partial charge in [-0.1, -0.05) is 13.8 Å². The predicted octanol–water partition coefficient (Wildman–Crippen LogP) is 2.94. The molecule has 2 rings (SSSR count). The minimum atomic E-state index is -0.504. The lowest BCUT2D eigenvalue weighted by atomic mass is 10.1. The first-order valence-corrected chi connectivity index (χ1v) is 7.47. The van der Waals surface area contributed by atoms with Gasteiger partial charge in [0.2, 0.25) is 0 Å². The maximum Gasteiger partial charge on any atom is 0.270 e. The van der Waals surface area contributed by atoms with Gasteiger partial charge in [-0.2, -0.15) is 10.4 Å². The molecule has 0 saturated carbocycles. The smallest absolute Gasteiger partial charge is 0.270 e. The third kappa shape index (κ3) is 3.31. The van der Waals surface area contributed by atoms with Crippen molar-refractivity contribution in [2.24, 2.45) is 7.05 Å². The minimum Gasteiger partial charge on any atom is -0.380 e. The number of benzene rings is 1. The molecule has 120 valence electrons. The Morgan fingerprint density at radius 2 is 2.13 bits per heavy atom. The number of anilines is 1. The van der Waals surface area contributed by atoms with Gasteiger partial charge in [-0.05, 0) is 18.9 Å². The van der Waals surface area contributed by atoms with Crippen LogP contribution in [-0.2, 0) is 26.4 Å². The van der Waals surface area contributed by atoms with E-state index in [-0.39, 0.29) is 11.3 Å².